The predicted molar refractivity (Wildman–Crippen MR) is 129 cm³/mol. The molecule has 0 amide bonds. The molecule has 0 radical (unpaired) electrons. The summed E-state index contributed by atoms with van der Waals surface area (Å²) in [5.74, 6) is 0.860. The van der Waals surface area contributed by atoms with Crippen LogP contribution in [0.4, 0.5) is 5.82 Å². The fraction of sp³-hybridized carbons (Fsp3) is 0.280. The van der Waals surface area contributed by atoms with Gasteiger partial charge < -0.3 is 19.5 Å². The lowest BCUT2D eigenvalue weighted by atomic mass is 10.1. The SMILES string of the molecule is Cc1ccc(-n2cc(-c3ccccc3)c3c(NCC[NH+]4CCOCC4)ncnc32)cc1Cl. The zero-order valence-corrected chi connectivity index (χ0v) is 18.9. The highest BCUT2D eigenvalue weighted by Gasteiger charge is 2.18. The van der Waals surface area contributed by atoms with Crippen molar-refractivity contribution in [2.24, 2.45) is 0 Å². The molecule has 6 nitrogen and oxygen atoms in total. The smallest absolute Gasteiger partial charge is 0.150 e. The minimum atomic E-state index is 0.742. The van der Waals surface area contributed by atoms with E-state index in [1.807, 2.05) is 25.1 Å². The molecular weight excluding hydrogens is 422 g/mol. The largest absolute Gasteiger partial charge is 0.370 e. The number of aryl methyl sites for hydroxylation is 1. The van der Waals surface area contributed by atoms with Gasteiger partial charge >= 0.3 is 0 Å². The summed E-state index contributed by atoms with van der Waals surface area (Å²) in [6.07, 6.45) is 3.77. The van der Waals surface area contributed by atoms with E-state index in [0.717, 1.165) is 83.6 Å². The average Bonchev–Trinajstić information content (AvgIpc) is 3.23. The van der Waals surface area contributed by atoms with Crippen LogP contribution in [-0.4, -0.2) is 53.9 Å². The summed E-state index contributed by atoms with van der Waals surface area (Å²) < 4.78 is 7.57. The Kier molecular flexibility index (Phi) is 6.08. The Morgan fingerprint density at radius 3 is 2.69 bits per heavy atom. The number of morpholine rings is 1. The number of halogens is 1. The third-order valence-corrected chi connectivity index (χ3v) is 6.48. The normalized spacial score (nSPS) is 14.7. The maximum absolute atomic E-state index is 6.44. The highest BCUT2D eigenvalue weighted by Crippen LogP contribution is 2.35. The van der Waals surface area contributed by atoms with Crippen LogP contribution in [0.25, 0.3) is 27.8 Å². The number of ether oxygens (including phenoxy) is 1. The first-order valence-electron chi connectivity index (χ1n) is 11.0. The van der Waals surface area contributed by atoms with E-state index in [0.29, 0.717) is 0 Å². The van der Waals surface area contributed by atoms with Gasteiger partial charge in [-0.1, -0.05) is 48.0 Å². The van der Waals surface area contributed by atoms with Crippen LogP contribution in [0.2, 0.25) is 5.02 Å². The topological polar surface area (TPSA) is 56.4 Å². The number of hydrogen-bond donors (Lipinski definition) is 2. The molecule has 2 aromatic heterocycles. The monoisotopic (exact) mass is 448 g/mol. The lowest BCUT2D eigenvalue weighted by Crippen LogP contribution is -3.14. The van der Waals surface area contributed by atoms with Crippen molar-refractivity contribution in [2.75, 3.05) is 44.7 Å². The standard InChI is InChI=1S/C25H26ClN5O/c1-18-7-8-20(15-22(18)26)31-16-21(19-5-3-2-4-6-19)23-24(28-17-29-25(23)31)27-9-10-30-11-13-32-14-12-30/h2-8,15-17H,9-14H2,1H3,(H,27,28,29)/p+1. The molecule has 5 rings (SSSR count). The molecule has 2 N–H and O–H groups in total. The predicted octanol–water partition coefficient (Wildman–Crippen LogP) is 3.38. The molecule has 3 heterocycles. The van der Waals surface area contributed by atoms with Crippen molar-refractivity contribution < 1.29 is 9.64 Å². The second-order valence-electron chi connectivity index (χ2n) is 8.17. The maximum atomic E-state index is 6.44. The summed E-state index contributed by atoms with van der Waals surface area (Å²) in [5.41, 5.74) is 5.12. The van der Waals surface area contributed by atoms with Gasteiger partial charge in [-0.3, -0.25) is 0 Å². The molecule has 0 bridgehead atoms. The molecule has 0 unspecified atom stereocenters. The summed E-state index contributed by atoms with van der Waals surface area (Å²) in [4.78, 5) is 10.8. The number of aromatic nitrogens is 3. The van der Waals surface area contributed by atoms with Gasteiger partial charge in [0.1, 0.15) is 25.2 Å². The van der Waals surface area contributed by atoms with Gasteiger partial charge in [0, 0.05) is 22.5 Å². The van der Waals surface area contributed by atoms with Crippen LogP contribution in [-0.2, 0) is 4.74 Å². The van der Waals surface area contributed by atoms with Crippen LogP contribution in [0, 0.1) is 6.92 Å². The lowest BCUT2D eigenvalue weighted by molar-refractivity contribution is -0.906. The Labute approximate surface area is 192 Å². The van der Waals surface area contributed by atoms with E-state index in [1.54, 1.807) is 11.2 Å². The lowest BCUT2D eigenvalue weighted by Gasteiger charge is -2.23. The van der Waals surface area contributed by atoms with Crippen molar-refractivity contribution in [3.8, 4) is 16.8 Å². The van der Waals surface area contributed by atoms with Gasteiger partial charge in [0.2, 0.25) is 0 Å². The van der Waals surface area contributed by atoms with E-state index in [9.17, 15) is 0 Å². The molecule has 1 saturated heterocycles. The summed E-state index contributed by atoms with van der Waals surface area (Å²) >= 11 is 6.44. The molecule has 32 heavy (non-hydrogen) atoms. The molecular formula is C25H27ClN5O+. The van der Waals surface area contributed by atoms with Crippen molar-refractivity contribution >= 4 is 28.5 Å². The molecule has 0 atom stereocenters. The van der Waals surface area contributed by atoms with Gasteiger partial charge in [0.25, 0.3) is 0 Å². The second kappa shape index (κ2) is 9.28. The van der Waals surface area contributed by atoms with E-state index in [4.69, 9.17) is 16.3 Å². The number of fused-ring (bicyclic) bond motifs is 1. The van der Waals surface area contributed by atoms with Gasteiger partial charge in [0.15, 0.2) is 5.65 Å². The van der Waals surface area contributed by atoms with Crippen molar-refractivity contribution in [1.82, 2.24) is 14.5 Å². The highest BCUT2D eigenvalue weighted by atomic mass is 35.5. The summed E-state index contributed by atoms with van der Waals surface area (Å²) in [5, 5.41) is 5.34. The molecule has 164 valence electrons. The summed E-state index contributed by atoms with van der Waals surface area (Å²) in [7, 11) is 0. The third kappa shape index (κ3) is 4.21. The number of nitrogens with zero attached hydrogens (tertiary/aromatic N) is 3. The Hall–Kier alpha value is -2.93. The summed E-state index contributed by atoms with van der Waals surface area (Å²) in [6, 6.07) is 16.5. The first-order valence-corrected chi connectivity index (χ1v) is 11.4. The van der Waals surface area contributed by atoms with E-state index < -0.39 is 0 Å². The molecule has 2 aromatic carbocycles. The van der Waals surface area contributed by atoms with Crippen molar-refractivity contribution in [2.45, 2.75) is 6.92 Å². The fourth-order valence-corrected chi connectivity index (χ4v) is 4.40. The zero-order valence-electron chi connectivity index (χ0n) is 18.1. The van der Waals surface area contributed by atoms with Crippen LogP contribution in [0.3, 0.4) is 0 Å². The Morgan fingerprint density at radius 1 is 1.09 bits per heavy atom. The second-order valence-corrected chi connectivity index (χ2v) is 8.58. The number of anilines is 1. The van der Waals surface area contributed by atoms with Crippen LogP contribution in [0.5, 0.6) is 0 Å². The zero-order chi connectivity index (χ0) is 21.9. The first kappa shape index (κ1) is 20.9. The highest BCUT2D eigenvalue weighted by molar-refractivity contribution is 6.31. The first-order chi connectivity index (χ1) is 15.7. The van der Waals surface area contributed by atoms with Gasteiger partial charge in [-0.2, -0.15) is 0 Å². The third-order valence-electron chi connectivity index (χ3n) is 6.07. The Balaban J connectivity index is 1.55. The number of benzene rings is 2. The Bertz CT molecular complexity index is 1220. The molecule has 7 heteroatoms. The number of quaternary nitrogens is 1. The van der Waals surface area contributed by atoms with Gasteiger partial charge in [-0.05, 0) is 30.2 Å². The summed E-state index contributed by atoms with van der Waals surface area (Å²) in [6.45, 7) is 7.68. The van der Waals surface area contributed by atoms with Crippen LogP contribution in [0.1, 0.15) is 5.56 Å². The molecule has 1 fully saturated rings. The molecule has 4 aromatic rings. The molecule has 1 aliphatic rings. The van der Waals surface area contributed by atoms with E-state index in [-0.39, 0.29) is 0 Å². The minimum absolute atomic E-state index is 0.742. The van der Waals surface area contributed by atoms with Crippen LogP contribution >= 0.6 is 11.6 Å². The Morgan fingerprint density at radius 2 is 1.91 bits per heavy atom. The van der Waals surface area contributed by atoms with E-state index >= 15 is 0 Å². The minimum Gasteiger partial charge on any atom is -0.370 e. The van der Waals surface area contributed by atoms with Crippen molar-refractivity contribution in [1.29, 1.82) is 0 Å². The molecule has 0 spiro atoms. The van der Waals surface area contributed by atoms with Crippen molar-refractivity contribution in [3.63, 3.8) is 0 Å². The molecule has 0 aliphatic carbocycles. The number of nitrogens with one attached hydrogen (secondary N) is 2. The van der Waals surface area contributed by atoms with Gasteiger partial charge in [-0.25, -0.2) is 9.97 Å². The fourth-order valence-electron chi connectivity index (χ4n) is 4.23. The molecule has 0 saturated carbocycles. The number of hydrogen-bond acceptors (Lipinski definition) is 4. The molecule has 1 aliphatic heterocycles. The van der Waals surface area contributed by atoms with Gasteiger partial charge in [-0.15, -0.1) is 0 Å². The van der Waals surface area contributed by atoms with Crippen LogP contribution < -0.4 is 10.2 Å². The average molecular weight is 449 g/mol. The van der Waals surface area contributed by atoms with E-state index in [2.05, 4.69) is 56.4 Å². The van der Waals surface area contributed by atoms with Crippen LogP contribution in [0.15, 0.2) is 61.1 Å². The maximum Gasteiger partial charge on any atom is 0.150 e. The van der Waals surface area contributed by atoms with Gasteiger partial charge in [0.05, 0.1) is 31.7 Å². The van der Waals surface area contributed by atoms with E-state index in [1.165, 1.54) is 0 Å². The quantitative estimate of drug-likeness (QED) is 0.475. The van der Waals surface area contributed by atoms with Crippen molar-refractivity contribution in [3.05, 3.63) is 71.6 Å². The number of rotatable bonds is 6.